The SMILES string of the molecule is Cc1ccc(S(=O)(=O)Nc2sc(C3=c4ccccc4=NC3=O)c(-c3ccccc3)c2-c2ccccc2)cc1. The van der Waals surface area contributed by atoms with Gasteiger partial charge in [-0.05, 0) is 36.2 Å². The number of carbonyl (C=O) groups is 1. The molecule has 0 spiro atoms. The van der Waals surface area contributed by atoms with Gasteiger partial charge >= 0.3 is 0 Å². The fraction of sp³-hybridized carbons (Fsp3) is 0.0323. The molecule has 6 rings (SSSR count). The van der Waals surface area contributed by atoms with E-state index in [0.29, 0.717) is 20.8 Å². The average Bonchev–Trinajstić information content (AvgIpc) is 3.45. The van der Waals surface area contributed by atoms with Gasteiger partial charge in [0.15, 0.2) is 0 Å². The molecule has 1 aromatic heterocycles. The molecular formula is C31H22N2O3S2. The van der Waals surface area contributed by atoms with Crippen molar-refractivity contribution in [2.75, 3.05) is 4.72 Å². The zero-order valence-corrected chi connectivity index (χ0v) is 22.0. The Morgan fingerprint density at radius 1 is 0.711 bits per heavy atom. The molecule has 5 nitrogen and oxygen atoms in total. The van der Waals surface area contributed by atoms with Gasteiger partial charge in [-0.1, -0.05) is 96.6 Å². The number of para-hydroxylation sites is 1. The Balaban J connectivity index is 1.67. The van der Waals surface area contributed by atoms with E-state index in [1.807, 2.05) is 91.9 Å². The molecule has 0 fully saturated rings. The van der Waals surface area contributed by atoms with E-state index in [1.54, 1.807) is 24.3 Å². The van der Waals surface area contributed by atoms with Crippen LogP contribution in [0.2, 0.25) is 0 Å². The number of anilines is 1. The Bertz CT molecular complexity index is 1910. The third-order valence-electron chi connectivity index (χ3n) is 6.43. The van der Waals surface area contributed by atoms with Crippen LogP contribution in [-0.4, -0.2) is 14.3 Å². The van der Waals surface area contributed by atoms with Gasteiger partial charge in [-0.3, -0.25) is 9.52 Å². The molecule has 0 radical (unpaired) electrons. The number of benzene rings is 4. The van der Waals surface area contributed by atoms with Gasteiger partial charge in [0, 0.05) is 16.3 Å². The van der Waals surface area contributed by atoms with Crippen LogP contribution < -0.4 is 15.3 Å². The number of hydrogen-bond acceptors (Lipinski definition) is 4. The molecule has 186 valence electrons. The molecular weight excluding hydrogens is 512 g/mol. The Hall–Kier alpha value is -4.33. The molecule has 0 saturated heterocycles. The lowest BCUT2D eigenvalue weighted by Crippen LogP contribution is -2.22. The molecule has 1 amide bonds. The lowest BCUT2D eigenvalue weighted by atomic mass is 9.93. The maximum Gasteiger partial charge on any atom is 0.279 e. The number of nitrogens with zero attached hydrogens (tertiary/aromatic N) is 1. The van der Waals surface area contributed by atoms with Crippen molar-refractivity contribution in [3.63, 3.8) is 0 Å². The molecule has 0 saturated carbocycles. The molecule has 2 heterocycles. The third-order valence-corrected chi connectivity index (χ3v) is 9.05. The summed E-state index contributed by atoms with van der Waals surface area (Å²) in [5.74, 6) is -0.336. The summed E-state index contributed by atoms with van der Waals surface area (Å²) in [5.41, 5.74) is 4.67. The number of nitrogens with one attached hydrogen (secondary N) is 1. The zero-order chi connectivity index (χ0) is 26.3. The fourth-order valence-electron chi connectivity index (χ4n) is 4.62. The smallest absolute Gasteiger partial charge is 0.270 e. The van der Waals surface area contributed by atoms with Crippen molar-refractivity contribution >= 4 is 37.8 Å². The van der Waals surface area contributed by atoms with Gasteiger partial charge in [-0.25, -0.2) is 13.4 Å². The Morgan fingerprint density at radius 3 is 1.95 bits per heavy atom. The van der Waals surface area contributed by atoms with Gasteiger partial charge in [-0.15, -0.1) is 11.3 Å². The summed E-state index contributed by atoms with van der Waals surface area (Å²) in [6.45, 7) is 1.91. The monoisotopic (exact) mass is 534 g/mol. The second-order valence-corrected chi connectivity index (χ2v) is 11.7. The van der Waals surface area contributed by atoms with Gasteiger partial charge in [0.25, 0.3) is 15.9 Å². The van der Waals surface area contributed by atoms with Crippen LogP contribution in [0.25, 0.3) is 27.8 Å². The summed E-state index contributed by atoms with van der Waals surface area (Å²) >= 11 is 1.26. The molecule has 1 aliphatic rings. The van der Waals surface area contributed by atoms with Crippen molar-refractivity contribution in [1.82, 2.24) is 0 Å². The quantitative estimate of drug-likeness (QED) is 0.310. The normalized spacial score (nSPS) is 12.8. The fourth-order valence-corrected chi connectivity index (χ4v) is 7.22. The van der Waals surface area contributed by atoms with Crippen LogP contribution in [0.4, 0.5) is 5.00 Å². The van der Waals surface area contributed by atoms with Gasteiger partial charge in [-0.2, -0.15) is 0 Å². The Kier molecular flexibility index (Phi) is 6.02. The highest BCUT2D eigenvalue weighted by Crippen LogP contribution is 2.49. The maximum absolute atomic E-state index is 13.5. The first-order chi connectivity index (χ1) is 18.4. The molecule has 0 unspecified atom stereocenters. The number of thiophene rings is 1. The van der Waals surface area contributed by atoms with Crippen molar-refractivity contribution < 1.29 is 13.2 Å². The topological polar surface area (TPSA) is 75.6 Å². The first-order valence-corrected chi connectivity index (χ1v) is 14.3. The van der Waals surface area contributed by atoms with Gasteiger partial charge < -0.3 is 0 Å². The number of aryl methyl sites for hydroxylation is 1. The Morgan fingerprint density at radius 2 is 1.29 bits per heavy atom. The maximum atomic E-state index is 13.5. The Labute approximate surface area is 224 Å². The lowest BCUT2D eigenvalue weighted by molar-refractivity contribution is -0.112. The van der Waals surface area contributed by atoms with Gasteiger partial charge in [0.1, 0.15) is 5.00 Å². The summed E-state index contributed by atoms with van der Waals surface area (Å²) in [6.07, 6.45) is 0. The van der Waals surface area contributed by atoms with E-state index in [1.165, 1.54) is 11.3 Å². The first kappa shape index (κ1) is 24.0. The minimum Gasteiger partial charge on any atom is -0.270 e. The van der Waals surface area contributed by atoms with E-state index in [2.05, 4.69) is 9.71 Å². The lowest BCUT2D eigenvalue weighted by Gasteiger charge is -2.12. The molecule has 38 heavy (non-hydrogen) atoms. The van der Waals surface area contributed by atoms with Crippen molar-refractivity contribution in [1.29, 1.82) is 0 Å². The highest BCUT2D eigenvalue weighted by atomic mass is 32.2. The van der Waals surface area contributed by atoms with Crippen LogP contribution in [0.1, 0.15) is 10.4 Å². The van der Waals surface area contributed by atoms with Crippen LogP contribution in [0.5, 0.6) is 0 Å². The number of fused-ring (bicyclic) bond motifs is 1. The van der Waals surface area contributed by atoms with Gasteiger partial charge in [0.05, 0.1) is 20.7 Å². The molecule has 7 heteroatoms. The second kappa shape index (κ2) is 9.52. The first-order valence-electron chi connectivity index (χ1n) is 12.0. The summed E-state index contributed by atoms with van der Waals surface area (Å²) in [5, 5.41) is 1.79. The average molecular weight is 535 g/mol. The zero-order valence-electron chi connectivity index (χ0n) is 20.4. The third kappa shape index (κ3) is 4.26. The molecule has 1 N–H and O–H groups in total. The van der Waals surface area contributed by atoms with Crippen molar-refractivity contribution in [3.05, 3.63) is 130 Å². The van der Waals surface area contributed by atoms with Crippen molar-refractivity contribution in [2.24, 2.45) is 4.99 Å². The van der Waals surface area contributed by atoms with Crippen molar-refractivity contribution in [3.8, 4) is 22.3 Å². The molecule has 1 aliphatic heterocycles. The van der Waals surface area contributed by atoms with E-state index in [4.69, 9.17) is 0 Å². The standard InChI is InChI=1S/C31H22N2O3S2/c1-20-16-18-23(19-17-20)38(35,36)33-31-27(22-12-6-3-7-13-22)26(21-10-4-2-5-11-21)29(37-31)28-24-14-8-9-15-25(24)32-30(28)34/h2-19,33H,1H3. The number of hydrogen-bond donors (Lipinski definition) is 1. The van der Waals surface area contributed by atoms with E-state index in [9.17, 15) is 13.2 Å². The highest BCUT2D eigenvalue weighted by molar-refractivity contribution is 7.93. The number of carbonyl (C=O) groups excluding carboxylic acids is 1. The van der Waals surface area contributed by atoms with Crippen LogP contribution in [-0.2, 0) is 14.8 Å². The predicted molar refractivity (Wildman–Crippen MR) is 152 cm³/mol. The molecule has 4 aromatic carbocycles. The number of sulfonamides is 1. The summed E-state index contributed by atoms with van der Waals surface area (Å²) in [6, 6.07) is 33.5. The minimum atomic E-state index is -3.90. The number of rotatable bonds is 6. The molecule has 0 atom stereocenters. The summed E-state index contributed by atoms with van der Waals surface area (Å²) in [7, 11) is -3.90. The van der Waals surface area contributed by atoms with E-state index < -0.39 is 10.0 Å². The van der Waals surface area contributed by atoms with E-state index in [0.717, 1.165) is 33.0 Å². The number of amides is 1. The van der Waals surface area contributed by atoms with Crippen LogP contribution in [0, 0.1) is 6.92 Å². The largest absolute Gasteiger partial charge is 0.279 e. The predicted octanol–water partition coefficient (Wildman–Crippen LogP) is 5.55. The molecule has 5 aromatic rings. The van der Waals surface area contributed by atoms with Crippen LogP contribution in [0.15, 0.2) is 119 Å². The molecule has 0 aliphatic carbocycles. The van der Waals surface area contributed by atoms with Crippen molar-refractivity contribution in [2.45, 2.75) is 11.8 Å². The highest BCUT2D eigenvalue weighted by Gasteiger charge is 2.30. The second-order valence-electron chi connectivity index (χ2n) is 8.97. The van der Waals surface area contributed by atoms with Gasteiger partial charge in [0.2, 0.25) is 0 Å². The summed E-state index contributed by atoms with van der Waals surface area (Å²) < 4.78 is 29.9. The van der Waals surface area contributed by atoms with E-state index >= 15 is 0 Å². The minimum absolute atomic E-state index is 0.170. The van der Waals surface area contributed by atoms with Crippen LogP contribution >= 0.6 is 11.3 Å². The summed E-state index contributed by atoms with van der Waals surface area (Å²) in [4.78, 5) is 18.4. The van der Waals surface area contributed by atoms with E-state index in [-0.39, 0.29) is 10.8 Å². The van der Waals surface area contributed by atoms with Crippen LogP contribution in [0.3, 0.4) is 0 Å². The molecule has 0 bridgehead atoms.